The molecule has 1 heterocycles. The van der Waals surface area contributed by atoms with Crippen LogP contribution in [0.25, 0.3) is 0 Å². The molecule has 0 aromatic heterocycles. The van der Waals surface area contributed by atoms with Crippen LogP contribution in [0.5, 0.6) is 0 Å². The highest BCUT2D eigenvalue weighted by Gasteiger charge is 2.28. The first-order valence-corrected chi connectivity index (χ1v) is 12.1. The molecule has 0 atom stereocenters. The van der Waals surface area contributed by atoms with Gasteiger partial charge in [0, 0.05) is 42.4 Å². The molecule has 33 heavy (non-hydrogen) atoms. The summed E-state index contributed by atoms with van der Waals surface area (Å²) in [6.45, 7) is 1.93. The van der Waals surface area contributed by atoms with Crippen molar-refractivity contribution >= 4 is 23.4 Å². The molecule has 4 rings (SSSR count). The summed E-state index contributed by atoms with van der Waals surface area (Å²) in [7, 11) is 0. The highest BCUT2D eigenvalue weighted by atomic mass is 16.2. The predicted octanol–water partition coefficient (Wildman–Crippen LogP) is 4.49. The third-order valence-corrected chi connectivity index (χ3v) is 6.85. The number of carbonyl (C=O) groups is 3. The van der Waals surface area contributed by atoms with Gasteiger partial charge < -0.3 is 15.5 Å². The first kappa shape index (κ1) is 23.0. The molecule has 6 nitrogen and oxygen atoms in total. The molecule has 1 aliphatic carbocycles. The monoisotopic (exact) mass is 447 g/mol. The fourth-order valence-electron chi connectivity index (χ4n) is 4.83. The molecule has 3 amide bonds. The lowest BCUT2D eigenvalue weighted by Crippen LogP contribution is -2.43. The average Bonchev–Trinajstić information content (AvgIpc) is 2.88. The Labute approximate surface area is 195 Å². The molecule has 2 N–H and O–H groups in total. The zero-order valence-electron chi connectivity index (χ0n) is 19.1. The van der Waals surface area contributed by atoms with Crippen molar-refractivity contribution in [3.05, 3.63) is 65.7 Å². The minimum absolute atomic E-state index is 0.0193. The fourth-order valence-corrected chi connectivity index (χ4v) is 4.83. The lowest BCUT2D eigenvalue weighted by molar-refractivity contribution is -0.126. The number of anilines is 1. The third kappa shape index (κ3) is 6.21. The number of rotatable bonds is 6. The van der Waals surface area contributed by atoms with E-state index in [-0.39, 0.29) is 23.6 Å². The van der Waals surface area contributed by atoms with E-state index < -0.39 is 0 Å². The van der Waals surface area contributed by atoms with E-state index in [1.54, 1.807) is 36.4 Å². The molecule has 0 radical (unpaired) electrons. The van der Waals surface area contributed by atoms with Gasteiger partial charge in [-0.25, -0.2) is 0 Å². The van der Waals surface area contributed by atoms with Gasteiger partial charge in [0.1, 0.15) is 0 Å². The number of hydrogen-bond donors (Lipinski definition) is 2. The molecule has 2 aromatic carbocycles. The van der Waals surface area contributed by atoms with Crippen LogP contribution in [-0.2, 0) is 4.79 Å². The van der Waals surface area contributed by atoms with E-state index in [1.165, 1.54) is 32.1 Å². The van der Waals surface area contributed by atoms with E-state index in [1.807, 2.05) is 23.1 Å². The summed E-state index contributed by atoms with van der Waals surface area (Å²) in [5.41, 5.74) is 1.70. The molecule has 2 fully saturated rings. The minimum Gasteiger partial charge on any atom is -0.356 e. The number of piperidine rings is 1. The van der Waals surface area contributed by atoms with Crippen molar-refractivity contribution in [1.82, 2.24) is 10.2 Å². The normalized spacial score (nSPS) is 17.4. The number of likely N-dealkylation sites (tertiary alicyclic amines) is 1. The second-order valence-corrected chi connectivity index (χ2v) is 9.22. The largest absolute Gasteiger partial charge is 0.356 e. The first-order valence-electron chi connectivity index (χ1n) is 12.1. The van der Waals surface area contributed by atoms with E-state index in [0.717, 1.165) is 6.54 Å². The smallest absolute Gasteiger partial charge is 0.255 e. The third-order valence-electron chi connectivity index (χ3n) is 6.85. The number of nitrogens with one attached hydrogen (secondary N) is 2. The SMILES string of the molecule is O=C(Nc1cccc(C(=O)N2CCC(C(=O)NCC3CCCCC3)CC2)c1)c1ccccc1. The highest BCUT2D eigenvalue weighted by Crippen LogP contribution is 2.24. The fraction of sp³-hybridized carbons (Fsp3) is 0.444. The summed E-state index contributed by atoms with van der Waals surface area (Å²) in [5.74, 6) is 0.471. The van der Waals surface area contributed by atoms with Crippen LogP contribution in [0.1, 0.15) is 65.7 Å². The van der Waals surface area contributed by atoms with Gasteiger partial charge in [0.05, 0.1) is 0 Å². The Morgan fingerprint density at radius 3 is 2.24 bits per heavy atom. The summed E-state index contributed by atoms with van der Waals surface area (Å²) in [5, 5.41) is 6.01. The topological polar surface area (TPSA) is 78.5 Å². The van der Waals surface area contributed by atoms with Gasteiger partial charge in [-0.2, -0.15) is 0 Å². The lowest BCUT2D eigenvalue weighted by atomic mass is 9.89. The van der Waals surface area contributed by atoms with Crippen LogP contribution in [-0.4, -0.2) is 42.3 Å². The zero-order chi connectivity index (χ0) is 23.0. The summed E-state index contributed by atoms with van der Waals surface area (Å²) in [6.07, 6.45) is 7.69. The Morgan fingerprint density at radius 1 is 0.818 bits per heavy atom. The molecule has 174 valence electrons. The van der Waals surface area contributed by atoms with Gasteiger partial charge in [0.2, 0.25) is 5.91 Å². The van der Waals surface area contributed by atoms with Crippen LogP contribution in [0.2, 0.25) is 0 Å². The van der Waals surface area contributed by atoms with Crippen LogP contribution in [0, 0.1) is 11.8 Å². The quantitative estimate of drug-likeness (QED) is 0.685. The lowest BCUT2D eigenvalue weighted by Gasteiger charge is -2.32. The van der Waals surface area contributed by atoms with Crippen LogP contribution in [0.4, 0.5) is 5.69 Å². The van der Waals surface area contributed by atoms with Crippen molar-refractivity contribution < 1.29 is 14.4 Å². The Bertz CT molecular complexity index is 962. The molecule has 1 saturated heterocycles. The molecule has 0 unspecified atom stereocenters. The minimum atomic E-state index is -0.208. The van der Waals surface area contributed by atoms with Gasteiger partial charge in [-0.15, -0.1) is 0 Å². The van der Waals surface area contributed by atoms with Gasteiger partial charge in [0.15, 0.2) is 0 Å². The highest BCUT2D eigenvalue weighted by molar-refractivity contribution is 6.05. The summed E-state index contributed by atoms with van der Waals surface area (Å²) < 4.78 is 0. The molecule has 0 bridgehead atoms. The van der Waals surface area contributed by atoms with Crippen LogP contribution >= 0.6 is 0 Å². The second kappa shape index (κ2) is 11.1. The number of amides is 3. The standard InChI is InChI=1S/C27H33N3O3/c31-25(28-19-20-8-3-1-4-9-20)22-14-16-30(17-15-22)27(33)23-12-7-13-24(18-23)29-26(32)21-10-5-2-6-11-21/h2,5-7,10-13,18,20,22H,1,3-4,8-9,14-17,19H2,(H,28,31)(H,29,32). The van der Waals surface area contributed by atoms with Gasteiger partial charge in [-0.05, 0) is 61.9 Å². The Hall–Kier alpha value is -3.15. The second-order valence-electron chi connectivity index (χ2n) is 9.22. The maximum Gasteiger partial charge on any atom is 0.255 e. The summed E-state index contributed by atoms with van der Waals surface area (Å²) >= 11 is 0. The molecular formula is C27H33N3O3. The first-order chi connectivity index (χ1) is 16.1. The summed E-state index contributed by atoms with van der Waals surface area (Å²) in [4.78, 5) is 39.8. The number of hydrogen-bond acceptors (Lipinski definition) is 3. The summed E-state index contributed by atoms with van der Waals surface area (Å²) in [6, 6.07) is 16.0. The molecule has 2 aromatic rings. The zero-order valence-corrected chi connectivity index (χ0v) is 19.1. The van der Waals surface area contributed by atoms with Gasteiger partial charge >= 0.3 is 0 Å². The van der Waals surface area contributed by atoms with Crippen LogP contribution in [0.3, 0.4) is 0 Å². The van der Waals surface area contributed by atoms with Crippen molar-refractivity contribution in [3.8, 4) is 0 Å². The number of carbonyl (C=O) groups excluding carboxylic acids is 3. The number of benzene rings is 2. The van der Waals surface area contributed by atoms with Crippen LogP contribution in [0.15, 0.2) is 54.6 Å². The average molecular weight is 448 g/mol. The van der Waals surface area contributed by atoms with E-state index in [2.05, 4.69) is 10.6 Å². The van der Waals surface area contributed by atoms with E-state index >= 15 is 0 Å². The Balaban J connectivity index is 1.27. The molecule has 1 saturated carbocycles. The van der Waals surface area contributed by atoms with Crippen molar-refractivity contribution in [3.63, 3.8) is 0 Å². The van der Waals surface area contributed by atoms with E-state index in [4.69, 9.17) is 0 Å². The van der Waals surface area contributed by atoms with Crippen molar-refractivity contribution in [2.24, 2.45) is 11.8 Å². The molecule has 2 aliphatic rings. The van der Waals surface area contributed by atoms with Crippen molar-refractivity contribution in [1.29, 1.82) is 0 Å². The maximum absolute atomic E-state index is 13.0. The Kier molecular flexibility index (Phi) is 7.76. The maximum atomic E-state index is 13.0. The van der Waals surface area contributed by atoms with E-state index in [0.29, 0.717) is 48.7 Å². The predicted molar refractivity (Wildman–Crippen MR) is 129 cm³/mol. The van der Waals surface area contributed by atoms with E-state index in [9.17, 15) is 14.4 Å². The number of nitrogens with zero attached hydrogens (tertiary/aromatic N) is 1. The molecular weight excluding hydrogens is 414 g/mol. The van der Waals surface area contributed by atoms with Crippen molar-refractivity contribution in [2.45, 2.75) is 44.9 Å². The van der Waals surface area contributed by atoms with Gasteiger partial charge in [-0.1, -0.05) is 43.5 Å². The van der Waals surface area contributed by atoms with Gasteiger partial charge in [-0.3, -0.25) is 14.4 Å². The molecule has 1 aliphatic heterocycles. The molecule has 0 spiro atoms. The van der Waals surface area contributed by atoms with Crippen molar-refractivity contribution in [2.75, 3.05) is 25.0 Å². The molecule has 6 heteroatoms. The van der Waals surface area contributed by atoms with Gasteiger partial charge in [0.25, 0.3) is 11.8 Å². The van der Waals surface area contributed by atoms with Crippen LogP contribution < -0.4 is 10.6 Å². The Morgan fingerprint density at radius 2 is 1.52 bits per heavy atom.